The van der Waals surface area contributed by atoms with Crippen molar-refractivity contribution in [2.45, 2.75) is 50.1 Å². The van der Waals surface area contributed by atoms with Crippen molar-refractivity contribution in [1.29, 1.82) is 0 Å². The summed E-state index contributed by atoms with van der Waals surface area (Å²) in [7, 11) is -3.69. The van der Waals surface area contributed by atoms with Crippen LogP contribution in [0.25, 0.3) is 0 Å². The Morgan fingerprint density at radius 1 is 1.23 bits per heavy atom. The topological polar surface area (TPSA) is 104 Å². The van der Waals surface area contributed by atoms with Crippen LogP contribution in [0.4, 0.5) is 5.82 Å². The largest absolute Gasteiger partial charge is 0.481 e. The molecule has 3 heterocycles. The predicted octanol–water partition coefficient (Wildman–Crippen LogP) is 2.96. The molecule has 2 atom stereocenters. The molecule has 1 aromatic heterocycles. The molecule has 2 aromatic rings. The molecule has 0 aliphatic carbocycles. The Morgan fingerprint density at radius 2 is 1.97 bits per heavy atom. The maximum Gasteiger partial charge on any atom is 0.306 e. The summed E-state index contributed by atoms with van der Waals surface area (Å²) in [5.41, 5.74) is 1.65. The number of piperidine rings is 1. The highest BCUT2D eigenvalue weighted by Crippen LogP contribution is 2.34. The lowest BCUT2D eigenvalue weighted by atomic mass is 9.89. The molecule has 1 aromatic carbocycles. The molecule has 2 aliphatic rings. The number of fused-ring (bicyclic) bond motifs is 1. The quantitative estimate of drug-likeness (QED) is 0.725. The summed E-state index contributed by atoms with van der Waals surface area (Å²) in [4.78, 5) is 22.7. The maximum atomic E-state index is 13.2. The first kappa shape index (κ1) is 22.0. The van der Waals surface area contributed by atoms with Gasteiger partial charge in [0.1, 0.15) is 12.1 Å². The van der Waals surface area contributed by atoms with Crippen molar-refractivity contribution in [1.82, 2.24) is 14.3 Å². The number of aliphatic carboxylic acids is 1. The van der Waals surface area contributed by atoms with Crippen molar-refractivity contribution in [2.24, 2.45) is 5.92 Å². The molecule has 0 bridgehead atoms. The Balaban J connectivity index is 1.64. The number of carbonyl (C=O) groups is 1. The van der Waals surface area contributed by atoms with E-state index in [1.807, 2.05) is 6.92 Å². The highest BCUT2D eigenvalue weighted by atomic mass is 35.5. The van der Waals surface area contributed by atoms with Gasteiger partial charge in [-0.15, -0.1) is 0 Å². The Morgan fingerprint density at radius 3 is 2.65 bits per heavy atom. The molecular weight excluding hydrogens is 440 g/mol. The van der Waals surface area contributed by atoms with Crippen LogP contribution in [0, 0.1) is 5.92 Å². The zero-order valence-electron chi connectivity index (χ0n) is 17.2. The van der Waals surface area contributed by atoms with E-state index in [1.165, 1.54) is 22.8 Å². The molecule has 2 unspecified atom stereocenters. The smallest absolute Gasteiger partial charge is 0.306 e. The first-order valence-corrected chi connectivity index (χ1v) is 12.2. The number of carboxylic acids is 1. The zero-order chi connectivity index (χ0) is 22.2. The van der Waals surface area contributed by atoms with Crippen LogP contribution < -0.4 is 4.90 Å². The molecule has 0 amide bonds. The first-order chi connectivity index (χ1) is 14.8. The standard InChI is InChI=1S/C21H25ClN4O4S/c1-2-16-11-14(21(27)28)7-10-26(16)20-18-12-25(9-8-19(18)23-13-24-20)31(29,30)17-5-3-15(22)4-6-17/h3-6,13-14,16H,2,7-12H2,1H3,(H,27,28). The van der Waals surface area contributed by atoms with Crippen molar-refractivity contribution >= 4 is 33.4 Å². The van der Waals surface area contributed by atoms with E-state index in [9.17, 15) is 18.3 Å². The predicted molar refractivity (Wildman–Crippen MR) is 117 cm³/mol. The molecule has 8 nitrogen and oxygen atoms in total. The first-order valence-electron chi connectivity index (χ1n) is 10.4. The van der Waals surface area contributed by atoms with E-state index in [1.54, 1.807) is 12.1 Å². The monoisotopic (exact) mass is 464 g/mol. The Labute approximate surface area is 186 Å². The number of anilines is 1. The SMILES string of the molecule is CCC1CC(C(=O)O)CCN1c1ncnc2c1CN(S(=O)(=O)c1ccc(Cl)cc1)CC2. The summed E-state index contributed by atoms with van der Waals surface area (Å²) in [5.74, 6) is -0.402. The van der Waals surface area contributed by atoms with Crippen LogP contribution in [0.5, 0.6) is 0 Å². The second kappa shape index (κ2) is 8.72. The van der Waals surface area contributed by atoms with Crippen LogP contribution in [0.1, 0.15) is 37.4 Å². The van der Waals surface area contributed by atoms with Gasteiger partial charge in [-0.05, 0) is 43.5 Å². The summed E-state index contributed by atoms with van der Waals surface area (Å²) in [6.07, 6.45) is 3.90. The van der Waals surface area contributed by atoms with Crippen molar-refractivity contribution in [2.75, 3.05) is 18.0 Å². The normalized spacial score (nSPS) is 22.2. The number of aromatic nitrogens is 2. The highest BCUT2D eigenvalue weighted by molar-refractivity contribution is 7.89. The number of carboxylic acid groups (broad SMARTS) is 1. The van der Waals surface area contributed by atoms with Gasteiger partial charge in [-0.3, -0.25) is 4.79 Å². The Hall–Kier alpha value is -2.23. The van der Waals surface area contributed by atoms with Crippen LogP contribution in [0.2, 0.25) is 5.02 Å². The summed E-state index contributed by atoms with van der Waals surface area (Å²) >= 11 is 5.91. The van der Waals surface area contributed by atoms with E-state index in [0.717, 1.165) is 23.5 Å². The molecule has 0 spiro atoms. The van der Waals surface area contributed by atoms with Crippen molar-refractivity contribution in [3.05, 3.63) is 46.9 Å². The van der Waals surface area contributed by atoms with Crippen LogP contribution >= 0.6 is 11.6 Å². The second-order valence-electron chi connectivity index (χ2n) is 7.98. The fourth-order valence-corrected chi connectivity index (χ4v) is 5.99. The second-order valence-corrected chi connectivity index (χ2v) is 10.4. The Bertz CT molecular complexity index is 1080. The minimum absolute atomic E-state index is 0.0390. The van der Waals surface area contributed by atoms with Gasteiger partial charge in [-0.2, -0.15) is 4.31 Å². The third kappa shape index (κ3) is 4.26. The lowest BCUT2D eigenvalue weighted by molar-refractivity contribution is -0.142. The minimum Gasteiger partial charge on any atom is -0.481 e. The van der Waals surface area contributed by atoms with E-state index in [-0.39, 0.29) is 23.4 Å². The van der Waals surface area contributed by atoms with E-state index in [2.05, 4.69) is 14.9 Å². The number of benzene rings is 1. The van der Waals surface area contributed by atoms with E-state index < -0.39 is 16.0 Å². The average molecular weight is 465 g/mol. The number of sulfonamides is 1. The lowest BCUT2D eigenvalue weighted by Gasteiger charge is -2.40. The summed E-state index contributed by atoms with van der Waals surface area (Å²) in [6, 6.07) is 6.20. The number of halogens is 1. The zero-order valence-corrected chi connectivity index (χ0v) is 18.8. The lowest BCUT2D eigenvalue weighted by Crippen LogP contribution is -2.46. The average Bonchev–Trinajstić information content (AvgIpc) is 2.78. The van der Waals surface area contributed by atoms with Gasteiger partial charge in [-0.1, -0.05) is 18.5 Å². The van der Waals surface area contributed by atoms with Gasteiger partial charge in [0.2, 0.25) is 10.0 Å². The number of hydrogen-bond acceptors (Lipinski definition) is 6. The van der Waals surface area contributed by atoms with E-state index in [0.29, 0.717) is 37.4 Å². The number of hydrogen-bond donors (Lipinski definition) is 1. The molecule has 1 saturated heterocycles. The summed E-state index contributed by atoms with van der Waals surface area (Å²) in [6.45, 7) is 3.13. The third-order valence-corrected chi connectivity index (χ3v) is 8.32. The molecule has 2 aliphatic heterocycles. The molecule has 166 valence electrons. The highest BCUT2D eigenvalue weighted by Gasteiger charge is 2.36. The van der Waals surface area contributed by atoms with Gasteiger partial charge in [0.25, 0.3) is 0 Å². The Kier molecular flexibility index (Phi) is 6.18. The molecule has 0 radical (unpaired) electrons. The molecule has 4 rings (SSSR count). The maximum absolute atomic E-state index is 13.2. The molecule has 10 heteroatoms. The van der Waals surface area contributed by atoms with Gasteiger partial charge >= 0.3 is 5.97 Å². The van der Waals surface area contributed by atoms with Gasteiger partial charge in [0.15, 0.2) is 0 Å². The van der Waals surface area contributed by atoms with Crippen LogP contribution in [-0.4, -0.2) is 52.9 Å². The van der Waals surface area contributed by atoms with Gasteiger partial charge in [0.05, 0.1) is 16.5 Å². The van der Waals surface area contributed by atoms with E-state index in [4.69, 9.17) is 11.6 Å². The van der Waals surface area contributed by atoms with Crippen LogP contribution in [0.3, 0.4) is 0 Å². The minimum atomic E-state index is -3.69. The van der Waals surface area contributed by atoms with Crippen molar-refractivity contribution in [3.8, 4) is 0 Å². The molecule has 31 heavy (non-hydrogen) atoms. The third-order valence-electron chi connectivity index (χ3n) is 6.20. The molecular formula is C21H25ClN4O4S. The number of nitrogens with zero attached hydrogens (tertiary/aromatic N) is 4. The molecule has 1 N–H and O–H groups in total. The van der Waals surface area contributed by atoms with Crippen molar-refractivity contribution < 1.29 is 18.3 Å². The number of rotatable bonds is 5. The van der Waals surface area contributed by atoms with Crippen LogP contribution in [0.15, 0.2) is 35.5 Å². The summed E-state index contributed by atoms with van der Waals surface area (Å²) < 4.78 is 27.8. The van der Waals surface area contributed by atoms with Gasteiger partial charge < -0.3 is 10.0 Å². The van der Waals surface area contributed by atoms with Crippen LogP contribution in [-0.2, 0) is 27.8 Å². The fourth-order valence-electron chi connectivity index (χ4n) is 4.45. The molecule has 0 saturated carbocycles. The molecule has 1 fully saturated rings. The van der Waals surface area contributed by atoms with E-state index >= 15 is 0 Å². The summed E-state index contributed by atoms with van der Waals surface area (Å²) in [5, 5.41) is 9.90. The van der Waals surface area contributed by atoms with Gasteiger partial charge in [0, 0.05) is 42.7 Å². The van der Waals surface area contributed by atoms with Gasteiger partial charge in [-0.25, -0.2) is 18.4 Å². The van der Waals surface area contributed by atoms with Crippen molar-refractivity contribution in [3.63, 3.8) is 0 Å². The fraction of sp³-hybridized carbons (Fsp3) is 0.476.